The van der Waals surface area contributed by atoms with Crippen molar-refractivity contribution >= 4 is 33.6 Å². The molecule has 2 N–H and O–H groups in total. The Morgan fingerprint density at radius 2 is 1.74 bits per heavy atom. The summed E-state index contributed by atoms with van der Waals surface area (Å²) >= 11 is 0. The number of nitrogens with one attached hydrogen (secondary N) is 2. The van der Waals surface area contributed by atoms with E-state index in [1.165, 1.54) is 10.9 Å². The van der Waals surface area contributed by atoms with Crippen molar-refractivity contribution in [3.05, 3.63) is 48.2 Å². The molecule has 0 spiro atoms. The van der Waals surface area contributed by atoms with E-state index in [0.29, 0.717) is 11.5 Å². The number of hydrogen-bond acceptors (Lipinski definition) is 7. The molecule has 34 heavy (non-hydrogen) atoms. The largest absolute Gasteiger partial charge is 0.493 e. The minimum atomic E-state index is 0.667. The van der Waals surface area contributed by atoms with Gasteiger partial charge in [-0.1, -0.05) is 25.1 Å². The van der Waals surface area contributed by atoms with Crippen LogP contribution in [0.5, 0.6) is 11.5 Å². The Bertz CT molecular complexity index is 1280. The molecule has 5 rings (SSSR count). The average molecular weight is 461 g/mol. The second kappa shape index (κ2) is 9.77. The molecule has 1 saturated heterocycles. The number of aromatic amines is 1. The van der Waals surface area contributed by atoms with Crippen LogP contribution in [0.4, 0.5) is 11.8 Å². The summed E-state index contributed by atoms with van der Waals surface area (Å²) < 4.78 is 11.1. The van der Waals surface area contributed by atoms with Crippen molar-refractivity contribution in [3.8, 4) is 11.5 Å². The van der Waals surface area contributed by atoms with Gasteiger partial charge in [0, 0.05) is 61.3 Å². The molecule has 4 aromatic rings. The molecule has 0 radical (unpaired) electrons. The van der Waals surface area contributed by atoms with Crippen molar-refractivity contribution < 1.29 is 9.47 Å². The van der Waals surface area contributed by atoms with Gasteiger partial charge in [0.25, 0.3) is 0 Å². The predicted molar refractivity (Wildman–Crippen MR) is 137 cm³/mol. The van der Waals surface area contributed by atoms with E-state index in [1.54, 1.807) is 14.2 Å². The van der Waals surface area contributed by atoms with Crippen molar-refractivity contribution in [2.24, 2.45) is 0 Å². The SMILES string of the molecule is CCN1CCN(c2nc(NCCc3c[nH]c4ccccc34)c3cc(OC)c(OC)cc3n2)CC1. The summed E-state index contributed by atoms with van der Waals surface area (Å²) in [7, 11) is 3.30. The summed E-state index contributed by atoms with van der Waals surface area (Å²) in [5.41, 5.74) is 3.29. The number of methoxy groups -OCH3 is 2. The van der Waals surface area contributed by atoms with Gasteiger partial charge in [-0.2, -0.15) is 4.98 Å². The average Bonchev–Trinajstić information content (AvgIpc) is 3.30. The van der Waals surface area contributed by atoms with E-state index in [4.69, 9.17) is 19.4 Å². The lowest BCUT2D eigenvalue weighted by molar-refractivity contribution is 0.270. The number of piperazine rings is 1. The first-order valence-electron chi connectivity index (χ1n) is 11.9. The molecule has 0 aliphatic carbocycles. The van der Waals surface area contributed by atoms with Gasteiger partial charge in [0.2, 0.25) is 5.95 Å². The van der Waals surface area contributed by atoms with Crippen molar-refractivity contribution in [1.29, 1.82) is 0 Å². The molecule has 8 heteroatoms. The number of anilines is 2. The third-order valence-electron chi connectivity index (χ3n) is 6.65. The van der Waals surface area contributed by atoms with E-state index in [2.05, 4.69) is 57.5 Å². The van der Waals surface area contributed by atoms with Crippen LogP contribution in [0.25, 0.3) is 21.8 Å². The molecule has 2 aromatic heterocycles. The lowest BCUT2D eigenvalue weighted by atomic mass is 10.1. The van der Waals surface area contributed by atoms with Crippen LogP contribution < -0.4 is 19.7 Å². The zero-order chi connectivity index (χ0) is 23.5. The van der Waals surface area contributed by atoms with Gasteiger partial charge >= 0.3 is 0 Å². The highest BCUT2D eigenvalue weighted by molar-refractivity contribution is 5.93. The molecular weight excluding hydrogens is 428 g/mol. The Labute approximate surface area is 199 Å². The van der Waals surface area contributed by atoms with E-state index in [0.717, 1.165) is 73.9 Å². The fraction of sp³-hybridized carbons (Fsp3) is 0.385. The number of likely N-dealkylation sites (N-methyl/N-ethyl adjacent to an activating group) is 1. The number of H-pyrrole nitrogens is 1. The first-order valence-corrected chi connectivity index (χ1v) is 11.9. The molecule has 8 nitrogen and oxygen atoms in total. The molecule has 0 unspecified atom stereocenters. The minimum absolute atomic E-state index is 0.667. The normalized spacial score (nSPS) is 14.6. The van der Waals surface area contributed by atoms with Crippen LogP contribution in [0.3, 0.4) is 0 Å². The van der Waals surface area contributed by atoms with Gasteiger partial charge in [0.15, 0.2) is 11.5 Å². The van der Waals surface area contributed by atoms with Crippen LogP contribution in [0, 0.1) is 0 Å². The van der Waals surface area contributed by atoms with Crippen molar-refractivity contribution in [3.63, 3.8) is 0 Å². The van der Waals surface area contributed by atoms with E-state index >= 15 is 0 Å². The van der Waals surface area contributed by atoms with E-state index < -0.39 is 0 Å². The van der Waals surface area contributed by atoms with Crippen LogP contribution >= 0.6 is 0 Å². The maximum atomic E-state index is 5.55. The quantitative estimate of drug-likeness (QED) is 0.413. The van der Waals surface area contributed by atoms with E-state index in [1.807, 2.05) is 12.1 Å². The highest BCUT2D eigenvalue weighted by atomic mass is 16.5. The van der Waals surface area contributed by atoms with Gasteiger partial charge in [-0.25, -0.2) is 4.98 Å². The van der Waals surface area contributed by atoms with Crippen LogP contribution in [0.2, 0.25) is 0 Å². The number of hydrogen-bond donors (Lipinski definition) is 2. The fourth-order valence-electron chi connectivity index (χ4n) is 4.64. The maximum absolute atomic E-state index is 5.55. The Morgan fingerprint density at radius 3 is 2.50 bits per heavy atom. The monoisotopic (exact) mass is 460 g/mol. The second-order valence-electron chi connectivity index (χ2n) is 8.55. The Kier molecular flexibility index (Phi) is 6.40. The minimum Gasteiger partial charge on any atom is -0.493 e. The lowest BCUT2D eigenvalue weighted by Gasteiger charge is -2.34. The van der Waals surface area contributed by atoms with Crippen molar-refractivity contribution in [1.82, 2.24) is 19.9 Å². The van der Waals surface area contributed by atoms with Gasteiger partial charge < -0.3 is 29.6 Å². The molecule has 0 amide bonds. The summed E-state index contributed by atoms with van der Waals surface area (Å²) in [5.74, 6) is 2.91. The summed E-state index contributed by atoms with van der Waals surface area (Å²) in [4.78, 5) is 18.0. The summed E-state index contributed by atoms with van der Waals surface area (Å²) in [5, 5.41) is 5.77. The van der Waals surface area contributed by atoms with Gasteiger partial charge in [-0.3, -0.25) is 0 Å². The standard InChI is InChI=1S/C26H32N6O2/c1-4-31-11-13-32(14-12-31)26-29-22-16-24(34-3)23(33-2)15-20(22)25(30-26)27-10-9-18-17-28-21-8-6-5-7-19(18)21/h5-8,15-17,28H,4,9-14H2,1-3H3,(H,27,29,30). The third-order valence-corrected chi connectivity index (χ3v) is 6.65. The number of fused-ring (bicyclic) bond motifs is 2. The van der Waals surface area contributed by atoms with Crippen LogP contribution in [-0.4, -0.2) is 73.3 Å². The number of nitrogens with zero attached hydrogens (tertiary/aromatic N) is 4. The lowest BCUT2D eigenvalue weighted by Crippen LogP contribution is -2.46. The van der Waals surface area contributed by atoms with Crippen LogP contribution in [-0.2, 0) is 6.42 Å². The fourth-order valence-corrected chi connectivity index (χ4v) is 4.64. The molecule has 178 valence electrons. The highest BCUT2D eigenvalue weighted by Crippen LogP contribution is 2.35. The third kappa shape index (κ3) is 4.33. The maximum Gasteiger partial charge on any atom is 0.227 e. The predicted octanol–water partition coefficient (Wildman–Crippen LogP) is 3.92. The van der Waals surface area contributed by atoms with Gasteiger partial charge in [-0.05, 0) is 30.7 Å². The summed E-state index contributed by atoms with van der Waals surface area (Å²) in [6.45, 7) is 7.91. The highest BCUT2D eigenvalue weighted by Gasteiger charge is 2.21. The molecule has 1 aliphatic rings. The number of para-hydroxylation sites is 1. The summed E-state index contributed by atoms with van der Waals surface area (Å²) in [6.07, 6.45) is 2.98. The Balaban J connectivity index is 1.45. The number of rotatable bonds is 8. The molecule has 2 aromatic carbocycles. The Morgan fingerprint density at radius 1 is 0.971 bits per heavy atom. The van der Waals surface area contributed by atoms with Gasteiger partial charge in [-0.15, -0.1) is 0 Å². The van der Waals surface area contributed by atoms with Crippen molar-refractivity contribution in [2.45, 2.75) is 13.3 Å². The molecule has 1 fully saturated rings. The Hall–Kier alpha value is -3.52. The zero-order valence-electron chi connectivity index (χ0n) is 20.1. The van der Waals surface area contributed by atoms with E-state index in [-0.39, 0.29) is 0 Å². The van der Waals surface area contributed by atoms with Crippen LogP contribution in [0.1, 0.15) is 12.5 Å². The number of benzene rings is 2. The number of aromatic nitrogens is 3. The molecule has 1 aliphatic heterocycles. The van der Waals surface area contributed by atoms with Crippen molar-refractivity contribution in [2.75, 3.05) is 63.7 Å². The van der Waals surface area contributed by atoms with Gasteiger partial charge in [0.05, 0.1) is 19.7 Å². The molecule has 3 heterocycles. The van der Waals surface area contributed by atoms with Gasteiger partial charge in [0.1, 0.15) is 5.82 Å². The first kappa shape index (κ1) is 22.3. The number of ether oxygens (including phenoxy) is 2. The molecule has 0 bridgehead atoms. The molecule has 0 saturated carbocycles. The van der Waals surface area contributed by atoms with Crippen LogP contribution in [0.15, 0.2) is 42.6 Å². The topological polar surface area (TPSA) is 78.5 Å². The molecule has 0 atom stereocenters. The summed E-state index contributed by atoms with van der Waals surface area (Å²) in [6, 6.07) is 12.3. The zero-order valence-corrected chi connectivity index (χ0v) is 20.1. The van der Waals surface area contributed by atoms with E-state index in [9.17, 15) is 0 Å². The smallest absolute Gasteiger partial charge is 0.227 e. The first-order chi connectivity index (χ1) is 16.7. The molecular formula is C26H32N6O2. The second-order valence-corrected chi connectivity index (χ2v) is 8.55.